The van der Waals surface area contributed by atoms with Crippen LogP contribution in [0.15, 0.2) is 18.5 Å². The summed E-state index contributed by atoms with van der Waals surface area (Å²) in [5.74, 6) is 2.42. The van der Waals surface area contributed by atoms with Crippen molar-refractivity contribution < 1.29 is 8.42 Å². The van der Waals surface area contributed by atoms with E-state index in [2.05, 4.69) is 31.5 Å². The summed E-state index contributed by atoms with van der Waals surface area (Å²) in [5.41, 5.74) is 2.50. The molecule has 0 bridgehead atoms. The molecule has 4 rings (SSSR count). The first-order valence-electron chi connectivity index (χ1n) is 9.21. The minimum Gasteiger partial charge on any atom is -0.345 e. The molecule has 0 radical (unpaired) electrons. The lowest BCUT2D eigenvalue weighted by Gasteiger charge is -2.13. The van der Waals surface area contributed by atoms with E-state index in [-0.39, 0.29) is 29.3 Å². The molecule has 0 unspecified atom stereocenters. The smallest absolute Gasteiger partial charge is 0.179 e. The number of hydrogen-bond acceptors (Lipinski definition) is 5. The molecule has 3 atom stereocenters. The number of fused-ring (bicyclic) bond motifs is 3. The highest BCUT2D eigenvalue weighted by Gasteiger charge is 2.37. The fourth-order valence-electron chi connectivity index (χ4n) is 4.45. The van der Waals surface area contributed by atoms with Gasteiger partial charge in [-0.05, 0) is 36.7 Å². The predicted octanol–water partition coefficient (Wildman–Crippen LogP) is 2.81. The number of nitrogens with one attached hydrogen (secondary N) is 1. The Kier molecular flexibility index (Phi) is 4.25. The van der Waals surface area contributed by atoms with Crippen molar-refractivity contribution in [2.45, 2.75) is 39.5 Å². The maximum absolute atomic E-state index is 12.4. The quantitative estimate of drug-likeness (QED) is 0.740. The third kappa shape index (κ3) is 3.11. The van der Waals surface area contributed by atoms with Crippen molar-refractivity contribution in [3.63, 3.8) is 0 Å². The molecule has 0 saturated heterocycles. The lowest BCUT2D eigenvalue weighted by atomic mass is 9.97. The van der Waals surface area contributed by atoms with Crippen molar-refractivity contribution in [1.82, 2.24) is 24.6 Å². The van der Waals surface area contributed by atoms with Crippen LogP contribution in [0.4, 0.5) is 0 Å². The number of H-pyrrole nitrogens is 1. The number of sulfone groups is 1. The first-order valence-corrected chi connectivity index (χ1v) is 11.0. The maximum Gasteiger partial charge on any atom is 0.179 e. The summed E-state index contributed by atoms with van der Waals surface area (Å²) < 4.78 is 26.9. The van der Waals surface area contributed by atoms with Gasteiger partial charge in [0.2, 0.25) is 0 Å². The molecular formula is C18H25N5O2S. The third-order valence-corrected chi connectivity index (χ3v) is 7.51. The zero-order valence-electron chi connectivity index (χ0n) is 15.4. The minimum absolute atomic E-state index is 0.171. The van der Waals surface area contributed by atoms with Gasteiger partial charge in [-0.3, -0.25) is 4.40 Å². The number of aromatic nitrogens is 5. The fourth-order valence-corrected chi connectivity index (χ4v) is 6.59. The van der Waals surface area contributed by atoms with Gasteiger partial charge < -0.3 is 4.98 Å². The SMILES string of the molecule is CC(C)CS(=O)(=O)C[C@H]1C[C@@H](C)[C@@H](c2nnc3cnc4[nH]ccc4n23)C1. The van der Waals surface area contributed by atoms with E-state index in [9.17, 15) is 8.42 Å². The second-order valence-electron chi connectivity index (χ2n) is 8.11. The van der Waals surface area contributed by atoms with Crippen molar-refractivity contribution in [2.24, 2.45) is 17.8 Å². The van der Waals surface area contributed by atoms with Crippen LogP contribution in [0.3, 0.4) is 0 Å². The van der Waals surface area contributed by atoms with Crippen LogP contribution in [0.1, 0.15) is 45.4 Å². The van der Waals surface area contributed by atoms with E-state index >= 15 is 0 Å². The first-order chi connectivity index (χ1) is 12.3. The molecule has 1 fully saturated rings. The number of nitrogens with zero attached hydrogens (tertiary/aromatic N) is 4. The lowest BCUT2D eigenvalue weighted by molar-refractivity contribution is 0.504. The highest BCUT2D eigenvalue weighted by molar-refractivity contribution is 7.91. The van der Waals surface area contributed by atoms with Crippen LogP contribution in [0.5, 0.6) is 0 Å². The van der Waals surface area contributed by atoms with Crippen molar-refractivity contribution in [2.75, 3.05) is 11.5 Å². The molecule has 0 amide bonds. The van der Waals surface area contributed by atoms with Crippen molar-refractivity contribution in [1.29, 1.82) is 0 Å². The number of rotatable bonds is 5. The summed E-state index contributed by atoms with van der Waals surface area (Å²) in [5, 5.41) is 8.73. The average Bonchev–Trinajstić information content (AvgIpc) is 3.22. The van der Waals surface area contributed by atoms with Gasteiger partial charge in [0.15, 0.2) is 21.1 Å². The van der Waals surface area contributed by atoms with Crippen molar-refractivity contribution in [3.05, 3.63) is 24.3 Å². The summed E-state index contributed by atoms with van der Waals surface area (Å²) in [6, 6.07) is 1.98. The lowest BCUT2D eigenvalue weighted by Crippen LogP contribution is -2.20. The molecule has 8 heteroatoms. The van der Waals surface area contributed by atoms with E-state index in [0.717, 1.165) is 35.5 Å². The van der Waals surface area contributed by atoms with Gasteiger partial charge in [-0.15, -0.1) is 10.2 Å². The molecule has 26 heavy (non-hydrogen) atoms. The van der Waals surface area contributed by atoms with Crippen molar-refractivity contribution >= 4 is 26.6 Å². The molecule has 0 aromatic carbocycles. The van der Waals surface area contributed by atoms with Crippen LogP contribution in [-0.2, 0) is 9.84 Å². The molecule has 3 aromatic heterocycles. The Hall–Kier alpha value is -1.96. The highest BCUT2D eigenvalue weighted by atomic mass is 32.2. The molecule has 1 aliphatic rings. The van der Waals surface area contributed by atoms with Gasteiger partial charge in [0.1, 0.15) is 5.82 Å². The van der Waals surface area contributed by atoms with Crippen LogP contribution >= 0.6 is 0 Å². The first kappa shape index (κ1) is 17.5. The van der Waals surface area contributed by atoms with Gasteiger partial charge in [-0.25, -0.2) is 13.4 Å². The molecule has 7 nitrogen and oxygen atoms in total. The third-order valence-electron chi connectivity index (χ3n) is 5.35. The van der Waals surface area contributed by atoms with Gasteiger partial charge in [0.25, 0.3) is 0 Å². The molecule has 1 N–H and O–H groups in total. The van der Waals surface area contributed by atoms with Crippen LogP contribution in [0.25, 0.3) is 16.8 Å². The Morgan fingerprint density at radius 1 is 1.31 bits per heavy atom. The minimum atomic E-state index is -3.01. The summed E-state index contributed by atoms with van der Waals surface area (Å²) in [6.45, 7) is 6.10. The standard InChI is InChI=1S/C18H25N5O2S/c1-11(2)9-26(24,25)10-13-6-12(3)14(7-13)18-22-21-16-8-20-17-15(23(16)18)4-5-19-17/h4-5,8,11-14,19H,6-7,9-10H2,1-3H3/t12-,13+,14+/m1/s1. The molecule has 1 saturated carbocycles. The fraction of sp³-hybridized carbons (Fsp3) is 0.611. The van der Waals surface area contributed by atoms with E-state index in [1.165, 1.54) is 0 Å². The summed E-state index contributed by atoms with van der Waals surface area (Å²) in [4.78, 5) is 7.48. The van der Waals surface area contributed by atoms with E-state index < -0.39 is 9.84 Å². The molecule has 140 valence electrons. The predicted molar refractivity (Wildman–Crippen MR) is 101 cm³/mol. The Balaban J connectivity index is 1.63. The molecule has 3 aromatic rings. The summed E-state index contributed by atoms with van der Waals surface area (Å²) in [7, 11) is -3.01. The Labute approximate surface area is 153 Å². The van der Waals surface area contributed by atoms with Crippen LogP contribution in [0, 0.1) is 17.8 Å². The Morgan fingerprint density at radius 3 is 2.88 bits per heavy atom. The number of aromatic amines is 1. The monoisotopic (exact) mass is 375 g/mol. The topological polar surface area (TPSA) is 93.0 Å². The van der Waals surface area contributed by atoms with Gasteiger partial charge in [0, 0.05) is 12.1 Å². The van der Waals surface area contributed by atoms with Gasteiger partial charge in [0.05, 0.1) is 23.2 Å². The Bertz CT molecular complexity index is 1040. The molecule has 0 spiro atoms. The second kappa shape index (κ2) is 6.33. The normalized spacial score (nSPS) is 24.2. The summed E-state index contributed by atoms with van der Waals surface area (Å²) >= 11 is 0. The Morgan fingerprint density at radius 2 is 2.12 bits per heavy atom. The second-order valence-corrected chi connectivity index (χ2v) is 10.3. The van der Waals surface area contributed by atoms with Crippen molar-refractivity contribution in [3.8, 4) is 0 Å². The summed E-state index contributed by atoms with van der Waals surface area (Å²) in [6.07, 6.45) is 5.34. The van der Waals surface area contributed by atoms with Crippen LogP contribution in [0.2, 0.25) is 0 Å². The van der Waals surface area contributed by atoms with Gasteiger partial charge in [-0.2, -0.15) is 0 Å². The van der Waals surface area contributed by atoms with Crippen LogP contribution in [-0.4, -0.2) is 44.5 Å². The van der Waals surface area contributed by atoms with Crippen LogP contribution < -0.4 is 0 Å². The molecule has 3 heterocycles. The molecular weight excluding hydrogens is 350 g/mol. The molecule has 0 aliphatic heterocycles. The van der Waals surface area contributed by atoms with E-state index in [1.807, 2.05) is 26.1 Å². The van der Waals surface area contributed by atoms with E-state index in [0.29, 0.717) is 5.92 Å². The highest BCUT2D eigenvalue weighted by Crippen LogP contribution is 2.43. The van der Waals surface area contributed by atoms with E-state index in [1.54, 1.807) is 6.20 Å². The zero-order chi connectivity index (χ0) is 18.5. The van der Waals surface area contributed by atoms with E-state index in [4.69, 9.17) is 0 Å². The van der Waals surface area contributed by atoms with Gasteiger partial charge in [-0.1, -0.05) is 20.8 Å². The largest absolute Gasteiger partial charge is 0.345 e. The maximum atomic E-state index is 12.4. The zero-order valence-corrected chi connectivity index (χ0v) is 16.2. The number of hydrogen-bond donors (Lipinski definition) is 1. The molecule has 1 aliphatic carbocycles. The average molecular weight is 375 g/mol. The van der Waals surface area contributed by atoms with Gasteiger partial charge >= 0.3 is 0 Å².